The van der Waals surface area contributed by atoms with E-state index in [4.69, 9.17) is 9.47 Å². The van der Waals surface area contributed by atoms with Crippen LogP contribution in [0.15, 0.2) is 42.5 Å². The molecule has 1 aliphatic heterocycles. The summed E-state index contributed by atoms with van der Waals surface area (Å²) in [5.74, 6) is 0.0816. The topological polar surface area (TPSA) is 55.8 Å². The Morgan fingerprint density at radius 1 is 1.06 bits per heavy atom. The Hall–Kier alpha value is -2.49. The van der Waals surface area contributed by atoms with E-state index in [1.165, 1.54) is 6.07 Å². The van der Waals surface area contributed by atoms with Crippen LogP contribution in [0, 0.1) is 0 Å². The van der Waals surface area contributed by atoms with Crippen molar-refractivity contribution in [1.82, 2.24) is 0 Å². The lowest BCUT2D eigenvalue weighted by atomic mass is 9.99. The molecule has 90 valence electrons. The van der Waals surface area contributed by atoms with Gasteiger partial charge in [0, 0.05) is 5.56 Å². The lowest BCUT2D eigenvalue weighted by Crippen LogP contribution is -1.99. The van der Waals surface area contributed by atoms with Gasteiger partial charge in [-0.1, -0.05) is 30.3 Å². The number of fused-ring (bicyclic) bond motifs is 1. The first kappa shape index (κ1) is 10.7. The van der Waals surface area contributed by atoms with Crippen LogP contribution >= 0.6 is 0 Å². The van der Waals surface area contributed by atoms with Gasteiger partial charge in [0.15, 0.2) is 11.5 Å². The van der Waals surface area contributed by atoms with Gasteiger partial charge < -0.3 is 14.6 Å². The van der Waals surface area contributed by atoms with E-state index in [9.17, 15) is 9.90 Å². The fourth-order valence-corrected chi connectivity index (χ4v) is 1.98. The Labute approximate surface area is 103 Å². The SMILES string of the molecule is O=C(O)c1cc2c(cc1-c1ccccc1)OCO2. The molecule has 0 amide bonds. The highest BCUT2D eigenvalue weighted by Gasteiger charge is 2.21. The Bertz CT molecular complexity index is 605. The summed E-state index contributed by atoms with van der Waals surface area (Å²) in [6, 6.07) is 12.6. The number of aromatic carboxylic acids is 1. The highest BCUT2D eigenvalue weighted by molar-refractivity contribution is 5.97. The largest absolute Gasteiger partial charge is 0.478 e. The highest BCUT2D eigenvalue weighted by Crippen LogP contribution is 2.38. The molecular formula is C14H10O4. The van der Waals surface area contributed by atoms with Gasteiger partial charge in [0.05, 0.1) is 5.56 Å². The van der Waals surface area contributed by atoms with Gasteiger partial charge in [-0.15, -0.1) is 0 Å². The minimum absolute atomic E-state index is 0.132. The Balaban J connectivity index is 2.21. The van der Waals surface area contributed by atoms with Crippen LogP contribution < -0.4 is 9.47 Å². The molecule has 4 heteroatoms. The Kier molecular flexibility index (Phi) is 2.41. The quantitative estimate of drug-likeness (QED) is 0.879. The maximum absolute atomic E-state index is 11.3. The molecule has 2 aromatic carbocycles. The highest BCUT2D eigenvalue weighted by atomic mass is 16.7. The van der Waals surface area contributed by atoms with E-state index in [2.05, 4.69) is 0 Å². The fraction of sp³-hybridized carbons (Fsp3) is 0.0714. The predicted octanol–water partition coefficient (Wildman–Crippen LogP) is 2.78. The molecule has 4 nitrogen and oxygen atoms in total. The Morgan fingerprint density at radius 2 is 1.72 bits per heavy atom. The number of hydrogen-bond donors (Lipinski definition) is 1. The molecule has 0 bridgehead atoms. The van der Waals surface area contributed by atoms with E-state index in [0.29, 0.717) is 17.1 Å². The van der Waals surface area contributed by atoms with Crippen molar-refractivity contribution in [2.75, 3.05) is 6.79 Å². The molecule has 1 heterocycles. The molecular weight excluding hydrogens is 232 g/mol. The summed E-state index contributed by atoms with van der Waals surface area (Å²) in [7, 11) is 0. The second-order valence-corrected chi connectivity index (χ2v) is 3.92. The second-order valence-electron chi connectivity index (χ2n) is 3.92. The average Bonchev–Trinajstić information content (AvgIpc) is 2.85. The number of carbonyl (C=O) groups is 1. The molecule has 0 radical (unpaired) electrons. The predicted molar refractivity (Wildman–Crippen MR) is 65.0 cm³/mol. The zero-order chi connectivity index (χ0) is 12.5. The summed E-state index contributed by atoms with van der Waals surface area (Å²) in [6.45, 7) is 0.132. The third kappa shape index (κ3) is 1.68. The molecule has 0 atom stereocenters. The van der Waals surface area contributed by atoms with Crippen LogP contribution in [0.4, 0.5) is 0 Å². The number of ether oxygens (including phenoxy) is 2. The van der Waals surface area contributed by atoms with Crippen LogP contribution in [0.3, 0.4) is 0 Å². The van der Waals surface area contributed by atoms with Crippen molar-refractivity contribution >= 4 is 5.97 Å². The molecule has 1 aliphatic rings. The first-order valence-corrected chi connectivity index (χ1v) is 5.48. The molecule has 0 aliphatic carbocycles. The third-order valence-electron chi connectivity index (χ3n) is 2.83. The fourth-order valence-electron chi connectivity index (χ4n) is 1.98. The standard InChI is InChI=1S/C14H10O4/c15-14(16)11-7-13-12(17-8-18-13)6-10(11)9-4-2-1-3-5-9/h1-7H,8H2,(H,15,16). The minimum Gasteiger partial charge on any atom is -0.478 e. The van der Waals surface area contributed by atoms with Gasteiger partial charge in [-0.2, -0.15) is 0 Å². The first-order valence-electron chi connectivity index (χ1n) is 5.48. The molecule has 0 aromatic heterocycles. The van der Waals surface area contributed by atoms with E-state index in [1.807, 2.05) is 30.3 Å². The summed E-state index contributed by atoms with van der Waals surface area (Å²) in [5.41, 5.74) is 1.69. The monoisotopic (exact) mass is 242 g/mol. The average molecular weight is 242 g/mol. The lowest BCUT2D eigenvalue weighted by Gasteiger charge is -2.07. The molecule has 3 rings (SSSR count). The van der Waals surface area contributed by atoms with Gasteiger partial charge in [0.1, 0.15) is 0 Å². The first-order chi connectivity index (χ1) is 8.75. The van der Waals surface area contributed by atoms with Gasteiger partial charge in [0.25, 0.3) is 0 Å². The summed E-state index contributed by atoms with van der Waals surface area (Å²) in [4.78, 5) is 11.3. The van der Waals surface area contributed by atoms with E-state index in [-0.39, 0.29) is 12.4 Å². The van der Waals surface area contributed by atoms with Crippen LogP contribution in [-0.4, -0.2) is 17.9 Å². The van der Waals surface area contributed by atoms with Crippen molar-refractivity contribution in [2.45, 2.75) is 0 Å². The smallest absolute Gasteiger partial charge is 0.336 e. The van der Waals surface area contributed by atoms with Crippen molar-refractivity contribution in [2.24, 2.45) is 0 Å². The number of benzene rings is 2. The third-order valence-corrected chi connectivity index (χ3v) is 2.83. The number of rotatable bonds is 2. The van der Waals surface area contributed by atoms with E-state index < -0.39 is 5.97 Å². The van der Waals surface area contributed by atoms with E-state index in [1.54, 1.807) is 6.07 Å². The molecule has 2 aromatic rings. The van der Waals surface area contributed by atoms with Crippen LogP contribution in [0.2, 0.25) is 0 Å². The van der Waals surface area contributed by atoms with Gasteiger partial charge in [-0.25, -0.2) is 4.79 Å². The maximum atomic E-state index is 11.3. The number of carboxylic acid groups (broad SMARTS) is 1. The summed E-state index contributed by atoms with van der Waals surface area (Å²) >= 11 is 0. The molecule has 0 saturated carbocycles. The normalized spacial score (nSPS) is 12.4. The van der Waals surface area contributed by atoms with Crippen molar-refractivity contribution in [1.29, 1.82) is 0 Å². The van der Waals surface area contributed by atoms with Crippen molar-refractivity contribution in [3.05, 3.63) is 48.0 Å². The number of carboxylic acids is 1. The summed E-state index contributed by atoms with van der Waals surface area (Å²) < 4.78 is 10.5. The zero-order valence-electron chi connectivity index (χ0n) is 9.42. The molecule has 0 fully saturated rings. The van der Waals surface area contributed by atoms with Crippen molar-refractivity contribution in [3.63, 3.8) is 0 Å². The minimum atomic E-state index is -0.979. The maximum Gasteiger partial charge on any atom is 0.336 e. The van der Waals surface area contributed by atoms with Crippen LogP contribution in [0.5, 0.6) is 11.5 Å². The second kappa shape index (κ2) is 4.07. The Morgan fingerprint density at radius 3 is 2.39 bits per heavy atom. The van der Waals surface area contributed by atoms with Crippen molar-refractivity contribution in [3.8, 4) is 22.6 Å². The summed E-state index contributed by atoms with van der Waals surface area (Å²) in [5, 5.41) is 9.26. The molecule has 18 heavy (non-hydrogen) atoms. The molecule has 0 unspecified atom stereocenters. The van der Waals surface area contributed by atoms with Gasteiger partial charge in [-0.3, -0.25) is 0 Å². The molecule has 0 saturated heterocycles. The van der Waals surface area contributed by atoms with Crippen LogP contribution in [0.1, 0.15) is 10.4 Å². The molecule has 0 spiro atoms. The van der Waals surface area contributed by atoms with Crippen molar-refractivity contribution < 1.29 is 19.4 Å². The lowest BCUT2D eigenvalue weighted by molar-refractivity contribution is 0.0697. The van der Waals surface area contributed by atoms with Gasteiger partial charge in [-0.05, 0) is 17.7 Å². The zero-order valence-corrected chi connectivity index (χ0v) is 9.42. The van der Waals surface area contributed by atoms with E-state index in [0.717, 1.165) is 5.56 Å². The summed E-state index contributed by atoms with van der Waals surface area (Å²) in [6.07, 6.45) is 0. The number of hydrogen-bond acceptors (Lipinski definition) is 3. The van der Waals surface area contributed by atoms with Gasteiger partial charge in [0.2, 0.25) is 6.79 Å². The van der Waals surface area contributed by atoms with Crippen LogP contribution in [-0.2, 0) is 0 Å². The van der Waals surface area contributed by atoms with Gasteiger partial charge >= 0.3 is 5.97 Å². The van der Waals surface area contributed by atoms with E-state index >= 15 is 0 Å². The van der Waals surface area contributed by atoms with Crippen LogP contribution in [0.25, 0.3) is 11.1 Å². The molecule has 1 N–H and O–H groups in total.